The molecule has 0 saturated heterocycles. The van der Waals surface area contributed by atoms with Gasteiger partial charge in [-0.3, -0.25) is 4.98 Å². The largest absolute Gasteiger partial charge is 0.473 e. The Balaban J connectivity index is 0.000000411. The maximum absolute atomic E-state index is 9.10. The lowest BCUT2D eigenvalue weighted by molar-refractivity contribution is -0.159. The van der Waals surface area contributed by atoms with Crippen molar-refractivity contribution in [3.8, 4) is 0 Å². The van der Waals surface area contributed by atoms with E-state index < -0.39 is 11.9 Å². The average Bonchev–Trinajstić information content (AvgIpc) is 2.30. The molecule has 1 heterocycles. The number of carboxylic acid groups (broad SMARTS) is 2. The molecule has 1 aromatic heterocycles. The van der Waals surface area contributed by atoms with E-state index in [0.717, 1.165) is 6.42 Å². The lowest BCUT2D eigenvalue weighted by Gasteiger charge is -1.97. The molecule has 0 aliphatic rings. The standard InChI is InChI=1S/C10H14N2.C2H2O4/c1-9(11)3-2-4-10-5-7-12-8-6-10;3-1(4)2(5)6/h2,4-9H,3,11H2,1H3;(H,3,4)(H,5,6)/b4-2+;. The third-order valence-corrected chi connectivity index (χ3v) is 1.71. The number of nitrogens with two attached hydrogens (primary N) is 1. The number of carbonyl (C=O) groups is 2. The molecular weight excluding hydrogens is 236 g/mol. The Hall–Kier alpha value is -2.21. The number of hydrogen-bond acceptors (Lipinski definition) is 4. The van der Waals surface area contributed by atoms with Crippen LogP contribution in [0, 0.1) is 0 Å². The molecule has 0 aromatic carbocycles. The maximum atomic E-state index is 9.10. The van der Waals surface area contributed by atoms with Gasteiger partial charge in [0, 0.05) is 18.4 Å². The van der Waals surface area contributed by atoms with Gasteiger partial charge in [-0.15, -0.1) is 0 Å². The molecule has 6 heteroatoms. The molecule has 6 nitrogen and oxygen atoms in total. The maximum Gasteiger partial charge on any atom is 0.414 e. The number of rotatable bonds is 3. The van der Waals surface area contributed by atoms with Crippen LogP contribution in [-0.4, -0.2) is 33.2 Å². The molecule has 0 bridgehead atoms. The smallest absolute Gasteiger partial charge is 0.414 e. The SMILES string of the molecule is CC(N)C/C=C/c1ccncc1.O=C(O)C(=O)O. The number of nitrogens with zero attached hydrogens (tertiary/aromatic N) is 1. The summed E-state index contributed by atoms with van der Waals surface area (Å²) in [4.78, 5) is 22.1. The van der Waals surface area contributed by atoms with Gasteiger partial charge < -0.3 is 15.9 Å². The van der Waals surface area contributed by atoms with E-state index in [0.29, 0.717) is 0 Å². The first-order valence-electron chi connectivity index (χ1n) is 5.22. The number of pyridine rings is 1. The summed E-state index contributed by atoms with van der Waals surface area (Å²) in [5, 5.41) is 14.8. The first-order valence-corrected chi connectivity index (χ1v) is 5.22. The van der Waals surface area contributed by atoms with Crippen molar-refractivity contribution in [2.75, 3.05) is 0 Å². The molecule has 4 N–H and O–H groups in total. The monoisotopic (exact) mass is 252 g/mol. The minimum absolute atomic E-state index is 0.239. The molecule has 18 heavy (non-hydrogen) atoms. The number of hydrogen-bond donors (Lipinski definition) is 3. The van der Waals surface area contributed by atoms with Gasteiger partial charge in [0.2, 0.25) is 0 Å². The summed E-state index contributed by atoms with van der Waals surface area (Å²) in [6, 6.07) is 4.18. The van der Waals surface area contributed by atoms with Crippen molar-refractivity contribution in [2.24, 2.45) is 5.73 Å². The van der Waals surface area contributed by atoms with Gasteiger partial charge in [0.15, 0.2) is 0 Å². The van der Waals surface area contributed by atoms with E-state index in [-0.39, 0.29) is 6.04 Å². The van der Waals surface area contributed by atoms with E-state index in [1.807, 2.05) is 19.1 Å². The fourth-order valence-electron chi connectivity index (χ4n) is 0.893. The Bertz CT molecular complexity index is 390. The summed E-state index contributed by atoms with van der Waals surface area (Å²) in [6.07, 6.45) is 8.63. The molecule has 0 saturated carbocycles. The highest BCUT2D eigenvalue weighted by atomic mass is 16.4. The molecule has 0 aliphatic carbocycles. The Morgan fingerprint density at radius 3 is 2.22 bits per heavy atom. The second kappa shape index (κ2) is 8.89. The highest BCUT2D eigenvalue weighted by molar-refractivity contribution is 6.27. The van der Waals surface area contributed by atoms with Crippen molar-refractivity contribution in [1.82, 2.24) is 4.98 Å². The van der Waals surface area contributed by atoms with Crippen LogP contribution < -0.4 is 5.73 Å². The molecule has 1 unspecified atom stereocenters. The summed E-state index contributed by atoms with van der Waals surface area (Å²) in [5.41, 5.74) is 6.76. The lowest BCUT2D eigenvalue weighted by Crippen LogP contribution is -2.12. The van der Waals surface area contributed by atoms with Crippen LogP contribution in [0.25, 0.3) is 6.08 Å². The van der Waals surface area contributed by atoms with Gasteiger partial charge in [-0.2, -0.15) is 0 Å². The van der Waals surface area contributed by atoms with Crippen molar-refractivity contribution >= 4 is 18.0 Å². The van der Waals surface area contributed by atoms with Crippen molar-refractivity contribution in [3.63, 3.8) is 0 Å². The quantitative estimate of drug-likeness (QED) is 0.691. The summed E-state index contributed by atoms with van der Waals surface area (Å²) < 4.78 is 0. The second-order valence-electron chi connectivity index (χ2n) is 3.51. The van der Waals surface area contributed by atoms with Crippen molar-refractivity contribution in [3.05, 3.63) is 36.2 Å². The van der Waals surface area contributed by atoms with E-state index in [1.165, 1.54) is 5.56 Å². The number of carboxylic acids is 2. The lowest BCUT2D eigenvalue weighted by atomic mass is 10.2. The van der Waals surface area contributed by atoms with E-state index in [4.69, 9.17) is 25.5 Å². The van der Waals surface area contributed by atoms with Crippen molar-refractivity contribution < 1.29 is 19.8 Å². The molecule has 0 aliphatic heterocycles. The summed E-state index contributed by atoms with van der Waals surface area (Å²) >= 11 is 0. The van der Waals surface area contributed by atoms with Crippen LogP contribution in [0.5, 0.6) is 0 Å². The highest BCUT2D eigenvalue weighted by Crippen LogP contribution is 2.00. The normalized spacial score (nSPS) is 11.4. The summed E-state index contributed by atoms with van der Waals surface area (Å²) in [7, 11) is 0. The number of aliphatic carboxylic acids is 2. The van der Waals surface area contributed by atoms with E-state index in [1.54, 1.807) is 12.4 Å². The third-order valence-electron chi connectivity index (χ3n) is 1.71. The Kier molecular flexibility index (Phi) is 7.80. The van der Waals surface area contributed by atoms with Gasteiger partial charge in [0.1, 0.15) is 0 Å². The molecule has 0 spiro atoms. The third kappa shape index (κ3) is 9.05. The van der Waals surface area contributed by atoms with Gasteiger partial charge >= 0.3 is 11.9 Å². The van der Waals surface area contributed by atoms with Crippen molar-refractivity contribution in [2.45, 2.75) is 19.4 Å². The van der Waals surface area contributed by atoms with Crippen molar-refractivity contribution in [1.29, 1.82) is 0 Å². The van der Waals surface area contributed by atoms with Crippen LogP contribution in [0.2, 0.25) is 0 Å². The van der Waals surface area contributed by atoms with E-state index in [2.05, 4.69) is 17.1 Å². The summed E-state index contributed by atoms with van der Waals surface area (Å²) in [5.74, 6) is -3.65. The van der Waals surface area contributed by atoms with Crippen LogP contribution in [0.4, 0.5) is 0 Å². The Labute approximate surface area is 105 Å². The minimum Gasteiger partial charge on any atom is -0.473 e. The zero-order valence-corrected chi connectivity index (χ0v) is 9.98. The van der Waals surface area contributed by atoms with Gasteiger partial charge in [0.25, 0.3) is 0 Å². The van der Waals surface area contributed by atoms with Gasteiger partial charge in [-0.25, -0.2) is 9.59 Å². The molecule has 1 aromatic rings. The summed E-state index contributed by atoms with van der Waals surface area (Å²) in [6.45, 7) is 2.00. The molecule has 1 rings (SSSR count). The molecule has 0 radical (unpaired) electrons. The first kappa shape index (κ1) is 15.8. The van der Waals surface area contributed by atoms with E-state index in [9.17, 15) is 0 Å². The van der Waals surface area contributed by atoms with Crippen LogP contribution in [0.3, 0.4) is 0 Å². The first-order chi connectivity index (χ1) is 8.43. The minimum atomic E-state index is -1.82. The molecule has 0 fully saturated rings. The predicted molar refractivity (Wildman–Crippen MR) is 66.8 cm³/mol. The Morgan fingerprint density at radius 1 is 1.33 bits per heavy atom. The van der Waals surface area contributed by atoms with Gasteiger partial charge in [0.05, 0.1) is 0 Å². The zero-order chi connectivity index (χ0) is 14.0. The fraction of sp³-hybridized carbons (Fsp3) is 0.250. The fourth-order valence-corrected chi connectivity index (χ4v) is 0.893. The second-order valence-corrected chi connectivity index (χ2v) is 3.51. The number of aromatic nitrogens is 1. The van der Waals surface area contributed by atoms with Crippen LogP contribution in [0.1, 0.15) is 18.9 Å². The molecular formula is C12H16N2O4. The van der Waals surface area contributed by atoms with Crippen LogP contribution in [-0.2, 0) is 9.59 Å². The zero-order valence-electron chi connectivity index (χ0n) is 9.98. The average molecular weight is 252 g/mol. The highest BCUT2D eigenvalue weighted by Gasteiger charge is 2.04. The van der Waals surface area contributed by atoms with Crippen LogP contribution in [0.15, 0.2) is 30.6 Å². The van der Waals surface area contributed by atoms with Gasteiger partial charge in [-0.1, -0.05) is 12.2 Å². The Morgan fingerprint density at radius 2 is 1.83 bits per heavy atom. The molecule has 1 atom stereocenters. The van der Waals surface area contributed by atoms with E-state index >= 15 is 0 Å². The molecule has 98 valence electrons. The van der Waals surface area contributed by atoms with Gasteiger partial charge in [-0.05, 0) is 31.0 Å². The topological polar surface area (TPSA) is 114 Å². The van der Waals surface area contributed by atoms with Crippen LogP contribution >= 0.6 is 0 Å². The molecule has 0 amide bonds. The predicted octanol–water partition coefficient (Wildman–Crippen LogP) is 0.988.